The average Bonchev–Trinajstić information content (AvgIpc) is 2.77. The summed E-state index contributed by atoms with van der Waals surface area (Å²) in [5, 5.41) is 4.62. The number of carbonyl (C=O) groups excluding carboxylic acids is 5. The van der Waals surface area contributed by atoms with Gasteiger partial charge in [0.25, 0.3) is 0 Å². The SMILES string of the molecule is CNC(=O)CNC(=O)CN1C(=O)C(=O)N([C@H]2CCCC[C@@H]2C)C1=O. The lowest BCUT2D eigenvalue weighted by molar-refractivity contribution is -0.145. The van der Waals surface area contributed by atoms with Crippen LogP contribution in [0.3, 0.4) is 0 Å². The van der Waals surface area contributed by atoms with Crippen molar-refractivity contribution in [3.05, 3.63) is 0 Å². The van der Waals surface area contributed by atoms with Gasteiger partial charge >= 0.3 is 17.8 Å². The fraction of sp³-hybridized carbons (Fsp3) is 0.667. The Kier molecular flexibility index (Phi) is 5.53. The zero-order chi connectivity index (χ0) is 17.9. The third-order valence-electron chi connectivity index (χ3n) is 4.51. The van der Waals surface area contributed by atoms with Gasteiger partial charge < -0.3 is 10.6 Å². The van der Waals surface area contributed by atoms with Crippen LogP contribution in [0, 0.1) is 5.92 Å². The van der Waals surface area contributed by atoms with Crippen molar-refractivity contribution in [3.8, 4) is 0 Å². The molecule has 0 radical (unpaired) electrons. The van der Waals surface area contributed by atoms with Gasteiger partial charge in [-0.3, -0.25) is 24.1 Å². The Morgan fingerprint density at radius 3 is 2.38 bits per heavy atom. The molecule has 2 aliphatic rings. The Hall–Kier alpha value is -2.45. The van der Waals surface area contributed by atoms with Gasteiger partial charge in [0.15, 0.2) is 0 Å². The molecule has 0 aromatic rings. The lowest BCUT2D eigenvalue weighted by atomic mass is 9.85. The second kappa shape index (κ2) is 7.41. The minimum Gasteiger partial charge on any atom is -0.358 e. The van der Waals surface area contributed by atoms with Crippen LogP contribution in [0.2, 0.25) is 0 Å². The molecule has 132 valence electrons. The van der Waals surface area contributed by atoms with Crippen molar-refractivity contribution in [1.82, 2.24) is 20.4 Å². The van der Waals surface area contributed by atoms with Crippen molar-refractivity contribution < 1.29 is 24.0 Å². The van der Waals surface area contributed by atoms with Crippen LogP contribution in [-0.4, -0.2) is 65.6 Å². The van der Waals surface area contributed by atoms with Gasteiger partial charge in [0.1, 0.15) is 6.54 Å². The molecule has 1 heterocycles. The molecule has 2 fully saturated rings. The maximum absolute atomic E-state index is 12.5. The molecule has 9 heteroatoms. The number of rotatable bonds is 5. The van der Waals surface area contributed by atoms with Crippen LogP contribution in [0.1, 0.15) is 32.6 Å². The molecule has 0 aromatic carbocycles. The highest BCUT2D eigenvalue weighted by molar-refractivity contribution is 6.45. The van der Waals surface area contributed by atoms with Crippen molar-refractivity contribution >= 4 is 29.7 Å². The van der Waals surface area contributed by atoms with Gasteiger partial charge in [0.2, 0.25) is 11.8 Å². The third kappa shape index (κ3) is 3.55. The molecule has 9 nitrogen and oxygen atoms in total. The second-order valence-electron chi connectivity index (χ2n) is 6.13. The summed E-state index contributed by atoms with van der Waals surface area (Å²) in [4.78, 5) is 61.2. The molecule has 2 rings (SSSR count). The summed E-state index contributed by atoms with van der Waals surface area (Å²) in [5.41, 5.74) is 0. The summed E-state index contributed by atoms with van der Waals surface area (Å²) in [6, 6.07) is -1.06. The van der Waals surface area contributed by atoms with Crippen molar-refractivity contribution in [2.45, 2.75) is 38.6 Å². The van der Waals surface area contributed by atoms with E-state index < -0.39 is 36.2 Å². The number of nitrogens with zero attached hydrogens (tertiary/aromatic N) is 2. The highest BCUT2D eigenvalue weighted by Gasteiger charge is 2.49. The first-order valence-corrected chi connectivity index (χ1v) is 8.03. The van der Waals surface area contributed by atoms with Crippen LogP contribution >= 0.6 is 0 Å². The fourth-order valence-corrected chi connectivity index (χ4v) is 3.10. The smallest absolute Gasteiger partial charge is 0.334 e. The van der Waals surface area contributed by atoms with E-state index >= 15 is 0 Å². The predicted molar refractivity (Wildman–Crippen MR) is 82.5 cm³/mol. The lowest BCUT2D eigenvalue weighted by Crippen LogP contribution is -2.47. The largest absolute Gasteiger partial charge is 0.358 e. The fourth-order valence-electron chi connectivity index (χ4n) is 3.10. The first-order chi connectivity index (χ1) is 11.4. The molecule has 6 amide bonds. The average molecular weight is 338 g/mol. The van der Waals surface area contributed by atoms with Crippen LogP contribution in [0.5, 0.6) is 0 Å². The lowest BCUT2D eigenvalue weighted by Gasteiger charge is -2.34. The summed E-state index contributed by atoms with van der Waals surface area (Å²) >= 11 is 0. The highest BCUT2D eigenvalue weighted by atomic mass is 16.2. The molecule has 1 saturated heterocycles. The predicted octanol–water partition coefficient (Wildman–Crippen LogP) is -0.782. The Balaban J connectivity index is 2.03. The van der Waals surface area contributed by atoms with Crippen LogP contribution in [0.25, 0.3) is 0 Å². The van der Waals surface area contributed by atoms with Crippen LogP contribution in [0.4, 0.5) is 4.79 Å². The van der Waals surface area contributed by atoms with Gasteiger partial charge in [-0.1, -0.05) is 19.8 Å². The van der Waals surface area contributed by atoms with Gasteiger partial charge in [-0.15, -0.1) is 0 Å². The second-order valence-corrected chi connectivity index (χ2v) is 6.13. The monoisotopic (exact) mass is 338 g/mol. The summed E-state index contributed by atoms with van der Waals surface area (Å²) in [5.74, 6) is -2.82. The molecule has 2 atom stereocenters. The van der Waals surface area contributed by atoms with E-state index in [0.717, 1.165) is 24.2 Å². The Morgan fingerprint density at radius 1 is 1.08 bits per heavy atom. The van der Waals surface area contributed by atoms with E-state index in [1.54, 1.807) is 0 Å². The van der Waals surface area contributed by atoms with E-state index in [4.69, 9.17) is 0 Å². The number of likely N-dealkylation sites (N-methyl/N-ethyl adjacent to an activating group) is 1. The highest BCUT2D eigenvalue weighted by Crippen LogP contribution is 2.31. The maximum atomic E-state index is 12.5. The van der Waals surface area contributed by atoms with Crippen molar-refractivity contribution in [2.75, 3.05) is 20.1 Å². The van der Waals surface area contributed by atoms with Gasteiger partial charge in [-0.2, -0.15) is 0 Å². The van der Waals surface area contributed by atoms with E-state index in [1.807, 2.05) is 6.92 Å². The van der Waals surface area contributed by atoms with Crippen LogP contribution < -0.4 is 10.6 Å². The number of urea groups is 1. The van der Waals surface area contributed by atoms with Gasteiger partial charge in [0.05, 0.1) is 6.54 Å². The van der Waals surface area contributed by atoms with E-state index in [1.165, 1.54) is 7.05 Å². The molecule has 0 aromatic heterocycles. The van der Waals surface area contributed by atoms with Gasteiger partial charge in [-0.05, 0) is 18.8 Å². The first kappa shape index (κ1) is 17.9. The molecule has 24 heavy (non-hydrogen) atoms. The summed E-state index contributed by atoms with van der Waals surface area (Å²) in [6.07, 6.45) is 3.49. The van der Waals surface area contributed by atoms with E-state index in [2.05, 4.69) is 10.6 Å². The number of imide groups is 2. The maximum Gasteiger partial charge on any atom is 0.334 e. The number of hydrogen-bond acceptors (Lipinski definition) is 5. The summed E-state index contributed by atoms with van der Waals surface area (Å²) in [7, 11) is 1.42. The Bertz CT molecular complexity index is 576. The van der Waals surface area contributed by atoms with Crippen molar-refractivity contribution in [2.24, 2.45) is 5.92 Å². The summed E-state index contributed by atoms with van der Waals surface area (Å²) in [6.45, 7) is 1.12. The molecular formula is C15H22N4O5. The third-order valence-corrected chi connectivity index (χ3v) is 4.51. The summed E-state index contributed by atoms with van der Waals surface area (Å²) < 4.78 is 0. The molecule has 0 unspecified atom stereocenters. The first-order valence-electron chi connectivity index (χ1n) is 8.03. The minimum atomic E-state index is -0.993. The van der Waals surface area contributed by atoms with E-state index in [9.17, 15) is 24.0 Å². The molecule has 1 saturated carbocycles. The molecule has 0 bridgehead atoms. The van der Waals surface area contributed by atoms with Crippen molar-refractivity contribution in [1.29, 1.82) is 0 Å². The van der Waals surface area contributed by atoms with E-state index in [-0.39, 0.29) is 18.5 Å². The molecule has 0 spiro atoms. The van der Waals surface area contributed by atoms with Gasteiger partial charge in [-0.25, -0.2) is 9.69 Å². The van der Waals surface area contributed by atoms with E-state index in [0.29, 0.717) is 11.3 Å². The normalized spacial score (nSPS) is 24.3. The van der Waals surface area contributed by atoms with Crippen molar-refractivity contribution in [3.63, 3.8) is 0 Å². The standard InChI is InChI=1S/C15H22N4O5/c1-9-5-3-4-6-10(9)19-14(23)13(22)18(15(19)24)8-12(21)17-7-11(20)16-2/h9-10H,3-8H2,1-2H3,(H,16,20)(H,17,21)/t9-,10-/m0/s1. The zero-order valence-electron chi connectivity index (χ0n) is 13.8. The topological polar surface area (TPSA) is 116 Å². The number of hydrogen-bond donors (Lipinski definition) is 2. The zero-order valence-corrected chi connectivity index (χ0v) is 13.8. The number of carbonyl (C=O) groups is 5. The number of amides is 6. The Labute approximate surface area is 139 Å². The minimum absolute atomic E-state index is 0.126. The molecule has 1 aliphatic heterocycles. The van der Waals surface area contributed by atoms with Gasteiger partial charge in [0, 0.05) is 13.1 Å². The molecule has 1 aliphatic carbocycles. The Morgan fingerprint density at radius 2 is 1.75 bits per heavy atom. The van der Waals surface area contributed by atoms with Crippen LogP contribution in [0.15, 0.2) is 0 Å². The molecular weight excluding hydrogens is 316 g/mol. The van der Waals surface area contributed by atoms with Crippen LogP contribution in [-0.2, 0) is 19.2 Å². The molecule has 2 N–H and O–H groups in total. The quantitative estimate of drug-likeness (QED) is 0.504. The number of nitrogens with one attached hydrogen (secondary N) is 2.